The van der Waals surface area contributed by atoms with Crippen LogP contribution >= 0.6 is 24.8 Å². The van der Waals surface area contributed by atoms with Crippen LogP contribution in [0.3, 0.4) is 0 Å². The summed E-state index contributed by atoms with van der Waals surface area (Å²) in [6.07, 6.45) is 0. The van der Waals surface area contributed by atoms with E-state index in [0.29, 0.717) is 0 Å². The van der Waals surface area contributed by atoms with Crippen LogP contribution in [0.25, 0.3) is 0 Å². The summed E-state index contributed by atoms with van der Waals surface area (Å²) in [7, 11) is -9.39. The molecule has 0 saturated carbocycles. The molecule has 2 N–H and O–H groups in total. The van der Waals surface area contributed by atoms with Gasteiger partial charge in [-0.1, -0.05) is 0 Å². The van der Waals surface area contributed by atoms with Crippen molar-refractivity contribution in [1.82, 2.24) is 0 Å². The summed E-state index contributed by atoms with van der Waals surface area (Å²) < 4.78 is 65.4. The van der Waals surface area contributed by atoms with Crippen molar-refractivity contribution < 1.29 is 57.8 Å². The van der Waals surface area contributed by atoms with Crippen molar-refractivity contribution in [3.05, 3.63) is 0 Å². The zero-order chi connectivity index (χ0) is 9.00. The fourth-order valence-corrected chi connectivity index (χ4v) is 0. The highest BCUT2D eigenvalue weighted by Crippen LogP contribution is 1.61. The van der Waals surface area contributed by atoms with Crippen molar-refractivity contribution in [3.63, 3.8) is 0 Å². The summed E-state index contributed by atoms with van der Waals surface area (Å²) >= 11 is 0. The lowest BCUT2D eigenvalue weighted by Gasteiger charge is -2.03. The molecule has 80 valence electrons. The van der Waals surface area contributed by atoms with Crippen molar-refractivity contribution >= 4 is 24.8 Å². The molecule has 12 heteroatoms. The Morgan fingerprint density at radius 3 is 0.583 bits per heavy atom. The fourth-order valence-electron chi connectivity index (χ4n) is 0. The Morgan fingerprint density at radius 1 is 0.583 bits per heavy atom. The van der Waals surface area contributed by atoms with E-state index in [1.54, 1.807) is 0 Å². The second-order valence-corrected chi connectivity index (χ2v) is 2.38. The second-order valence-electron chi connectivity index (χ2n) is 0.792. The highest BCUT2D eigenvalue weighted by molar-refractivity contribution is 5.85. The Hall–Kier alpha value is 0.840. The van der Waals surface area contributed by atoms with Crippen LogP contribution in [-0.2, 0) is 0 Å². The number of hydrogen-bond donors (Lipinski definition) is 2. The predicted octanol–water partition coefficient (Wildman–Crippen LogP) is -7.40. The van der Waals surface area contributed by atoms with Gasteiger partial charge in [0.25, 0.3) is 0 Å². The lowest BCUT2D eigenvalue weighted by molar-refractivity contribution is -1.92. The molecule has 0 amide bonds. The van der Waals surface area contributed by atoms with E-state index in [-0.39, 0.29) is 24.8 Å². The van der Waals surface area contributed by atoms with Crippen LogP contribution in [0.2, 0.25) is 0 Å². The maximum atomic E-state index is 8.60. The minimum absolute atomic E-state index is 0. The van der Waals surface area contributed by atoms with Crippen molar-refractivity contribution in [3.8, 4) is 0 Å². The molecule has 0 spiro atoms. The number of halogens is 4. The maximum Gasteiger partial charge on any atom is 0.0777 e. The van der Waals surface area contributed by atoms with Crippen molar-refractivity contribution in [2.45, 2.75) is 0 Å². The van der Waals surface area contributed by atoms with Crippen LogP contribution in [0.1, 0.15) is 0 Å². The molecule has 0 fully saturated rings. The highest BCUT2D eigenvalue weighted by atomic mass is 35.7. The monoisotopic (exact) mass is 272 g/mol. The zero-order valence-electron chi connectivity index (χ0n) is 4.92. The van der Waals surface area contributed by atoms with Crippen LogP contribution in [-0.4, -0.2) is 9.32 Å². The lowest BCUT2D eigenvalue weighted by Crippen LogP contribution is -2.58. The van der Waals surface area contributed by atoms with E-state index in [4.69, 9.17) is 37.3 Å². The molecule has 0 aromatic rings. The number of rotatable bonds is 0. The zero-order valence-corrected chi connectivity index (χ0v) is 8.06. The lowest BCUT2D eigenvalue weighted by atomic mass is 15.8. The summed E-state index contributed by atoms with van der Waals surface area (Å²) in [6, 6.07) is 0. The quantitative estimate of drug-likeness (QED) is 0.436. The normalized spacial score (nSPS) is 10.0. The van der Waals surface area contributed by atoms with Gasteiger partial charge in [0, 0.05) is 0 Å². The third-order valence-corrected chi connectivity index (χ3v) is 0. The van der Waals surface area contributed by atoms with E-state index in [1.807, 2.05) is 0 Å². The van der Waals surface area contributed by atoms with Crippen LogP contribution in [0.15, 0.2) is 0 Å². The Balaban J connectivity index is -0.0000000457. The summed E-state index contributed by atoms with van der Waals surface area (Å²) in [6.45, 7) is 0. The van der Waals surface area contributed by atoms with E-state index in [9.17, 15) is 0 Å². The molecule has 0 radical (unpaired) electrons. The average molecular weight is 274 g/mol. The second kappa shape index (κ2) is 8.44. The van der Waals surface area contributed by atoms with Gasteiger partial charge in [0.15, 0.2) is 0 Å². The van der Waals surface area contributed by atoms with Gasteiger partial charge in [-0.25, -0.2) is 0 Å². The van der Waals surface area contributed by atoms with Crippen molar-refractivity contribution in [2.24, 2.45) is 0 Å². The van der Waals surface area contributed by atoms with Crippen LogP contribution in [0.5, 0.6) is 0 Å². The molecule has 0 aliphatic heterocycles. The van der Waals surface area contributed by atoms with Crippen LogP contribution in [0, 0.1) is 20.5 Å². The minimum atomic E-state index is -4.69. The molecule has 0 aliphatic carbocycles. The van der Waals surface area contributed by atoms with Gasteiger partial charge in [-0.05, 0) is 0 Å². The first-order chi connectivity index (χ1) is 4.00. The molecule has 0 aliphatic rings. The van der Waals surface area contributed by atoms with E-state index in [0.717, 1.165) is 0 Å². The summed E-state index contributed by atoms with van der Waals surface area (Å²) in [5, 5.41) is 0. The molecule has 0 bridgehead atoms. The van der Waals surface area contributed by atoms with Gasteiger partial charge < -0.3 is 0 Å². The minimum Gasteiger partial charge on any atom is -0.183 e. The Kier molecular flexibility index (Phi) is 16.2. The molecule has 0 rings (SSSR count). The fraction of sp³-hybridized carbons (Fsp3) is 0. The maximum absolute atomic E-state index is 8.60. The first-order valence-corrected chi connectivity index (χ1v) is 3.79. The van der Waals surface area contributed by atoms with Crippen LogP contribution < -0.4 is 28.0 Å². The smallest absolute Gasteiger partial charge is 0.0777 e. The van der Waals surface area contributed by atoms with Crippen molar-refractivity contribution in [1.29, 1.82) is 0 Å². The topological polar surface area (TPSA) is 179 Å². The first kappa shape index (κ1) is 23.0. The molecule has 0 aromatic carbocycles. The first-order valence-electron chi connectivity index (χ1n) is 1.26. The molecular formula is H4Cl4O8. The molecule has 0 atom stereocenters. The van der Waals surface area contributed by atoms with Gasteiger partial charge in [-0.3, -0.25) is 0 Å². The SMILES string of the molecule is Cl.Cl.[O-][Cl+3]([O-])([O-])O.[O-][Cl+3]([O-])([O-])O. The van der Waals surface area contributed by atoms with E-state index in [1.165, 1.54) is 0 Å². The Labute approximate surface area is 83.0 Å². The summed E-state index contributed by atoms with van der Waals surface area (Å²) in [5.41, 5.74) is 0. The van der Waals surface area contributed by atoms with E-state index < -0.39 is 20.5 Å². The molecular weight excluding hydrogens is 270 g/mol. The van der Waals surface area contributed by atoms with Crippen LogP contribution in [0.4, 0.5) is 0 Å². The highest BCUT2D eigenvalue weighted by Gasteiger charge is 1.99. The predicted molar refractivity (Wildman–Crippen MR) is 18.9 cm³/mol. The van der Waals surface area contributed by atoms with Gasteiger partial charge in [-0.2, -0.15) is 28.0 Å². The van der Waals surface area contributed by atoms with E-state index >= 15 is 0 Å². The van der Waals surface area contributed by atoms with Gasteiger partial charge in [0.1, 0.15) is 0 Å². The molecule has 0 saturated heterocycles. The van der Waals surface area contributed by atoms with E-state index in [2.05, 4.69) is 0 Å². The van der Waals surface area contributed by atoms with Gasteiger partial charge >= 0.3 is 0 Å². The third-order valence-electron chi connectivity index (χ3n) is 0. The van der Waals surface area contributed by atoms with Crippen molar-refractivity contribution in [2.75, 3.05) is 0 Å². The standard InChI is InChI=1S/2ClHO4.2ClH/c2*2-1(3,4)5;;/h2*(H,2,3,4,5);2*1H. The summed E-state index contributed by atoms with van der Waals surface area (Å²) in [4.78, 5) is 0. The third kappa shape index (κ3) is 1490. The van der Waals surface area contributed by atoms with Gasteiger partial charge in [0.05, 0.1) is 29.8 Å². The molecule has 0 unspecified atom stereocenters. The Bertz CT molecular complexity index is 54.0. The largest absolute Gasteiger partial charge is 0.183 e. The van der Waals surface area contributed by atoms with Gasteiger partial charge in [0.2, 0.25) is 0 Å². The molecule has 8 nitrogen and oxygen atoms in total. The average Bonchev–Trinajstić information content (AvgIpc) is 1.12. The molecule has 12 heavy (non-hydrogen) atoms. The Morgan fingerprint density at radius 2 is 0.583 bits per heavy atom. The van der Waals surface area contributed by atoms with Gasteiger partial charge in [-0.15, -0.1) is 24.8 Å². The number of hydrogen-bond acceptors (Lipinski definition) is 8. The molecule has 0 heterocycles. The molecule has 0 aromatic heterocycles. The summed E-state index contributed by atoms with van der Waals surface area (Å²) in [5.74, 6) is 0.